The molecule has 9 heteroatoms. The fourth-order valence-electron chi connectivity index (χ4n) is 2.70. The number of ether oxygens (including phenoxy) is 1. The van der Waals surface area contributed by atoms with E-state index in [-0.39, 0.29) is 11.8 Å². The molecule has 2 N–H and O–H groups in total. The van der Waals surface area contributed by atoms with Crippen molar-refractivity contribution in [2.45, 2.75) is 33.2 Å². The fraction of sp³-hybridized carbons (Fsp3) is 0.238. The van der Waals surface area contributed by atoms with Gasteiger partial charge in [-0.05, 0) is 50.6 Å². The summed E-state index contributed by atoms with van der Waals surface area (Å²) in [6, 6.07) is 12.8. The quantitative estimate of drug-likeness (QED) is 0.457. The van der Waals surface area contributed by atoms with Crippen LogP contribution < -0.4 is 15.4 Å². The molecular weight excluding hydrogens is 417 g/mol. The van der Waals surface area contributed by atoms with Crippen molar-refractivity contribution in [3.05, 3.63) is 59.1 Å². The van der Waals surface area contributed by atoms with E-state index in [1.807, 2.05) is 26.8 Å². The van der Waals surface area contributed by atoms with Gasteiger partial charge in [-0.3, -0.25) is 0 Å². The van der Waals surface area contributed by atoms with Crippen LogP contribution in [0.4, 0.5) is 30.6 Å². The van der Waals surface area contributed by atoms with Crippen molar-refractivity contribution in [1.29, 1.82) is 0 Å². The predicted molar refractivity (Wildman–Crippen MR) is 112 cm³/mol. The molecule has 3 rings (SSSR count). The lowest BCUT2D eigenvalue weighted by Crippen LogP contribution is -2.17. The number of rotatable bonds is 6. The van der Waals surface area contributed by atoms with Gasteiger partial charge in [0.25, 0.3) is 0 Å². The van der Waals surface area contributed by atoms with E-state index in [1.54, 1.807) is 24.3 Å². The lowest BCUT2D eigenvalue weighted by atomic mass is 10.1. The second-order valence-electron chi connectivity index (χ2n) is 6.92. The minimum atomic E-state index is -4.77. The first-order valence-electron chi connectivity index (χ1n) is 9.14. The first-order chi connectivity index (χ1) is 14.1. The largest absolute Gasteiger partial charge is 0.573 e. The van der Waals surface area contributed by atoms with Crippen LogP contribution in [0.1, 0.15) is 19.4 Å². The number of halogens is 4. The van der Waals surface area contributed by atoms with Gasteiger partial charge in [-0.25, -0.2) is 4.98 Å². The molecule has 0 bridgehead atoms. The number of aryl methyl sites for hydroxylation is 1. The van der Waals surface area contributed by atoms with E-state index in [9.17, 15) is 13.2 Å². The predicted octanol–water partition coefficient (Wildman–Crippen LogP) is 6.57. The number of benzene rings is 2. The average molecular weight is 437 g/mol. The summed E-state index contributed by atoms with van der Waals surface area (Å²) in [5, 5.41) is 6.89. The van der Waals surface area contributed by atoms with E-state index in [2.05, 4.69) is 25.3 Å². The van der Waals surface area contributed by atoms with E-state index in [0.29, 0.717) is 28.0 Å². The number of anilines is 3. The van der Waals surface area contributed by atoms with Gasteiger partial charge in [0.05, 0.1) is 5.69 Å². The molecule has 158 valence electrons. The van der Waals surface area contributed by atoms with Gasteiger partial charge in [0.15, 0.2) is 0 Å². The molecule has 0 spiro atoms. The van der Waals surface area contributed by atoms with Crippen LogP contribution in [-0.4, -0.2) is 22.4 Å². The molecule has 0 unspecified atom stereocenters. The monoisotopic (exact) mass is 436 g/mol. The van der Waals surface area contributed by atoms with E-state index in [1.165, 1.54) is 18.2 Å². The molecule has 0 aliphatic heterocycles. The Morgan fingerprint density at radius 2 is 1.80 bits per heavy atom. The summed E-state index contributed by atoms with van der Waals surface area (Å²) in [5.74, 6) is 0.486. The molecule has 1 heterocycles. The summed E-state index contributed by atoms with van der Waals surface area (Å²) >= 11 is 6.09. The number of nitrogens with zero attached hydrogens (tertiary/aromatic N) is 2. The highest BCUT2D eigenvalue weighted by molar-refractivity contribution is 6.30. The Hall–Kier alpha value is -3.00. The van der Waals surface area contributed by atoms with E-state index in [4.69, 9.17) is 11.6 Å². The second-order valence-corrected chi connectivity index (χ2v) is 7.36. The highest BCUT2D eigenvalue weighted by Gasteiger charge is 2.31. The molecule has 0 atom stereocenters. The zero-order valence-electron chi connectivity index (χ0n) is 16.5. The third-order valence-corrected chi connectivity index (χ3v) is 4.20. The molecule has 0 amide bonds. The summed E-state index contributed by atoms with van der Waals surface area (Å²) in [7, 11) is 0. The van der Waals surface area contributed by atoms with Crippen LogP contribution in [0.25, 0.3) is 11.3 Å². The summed E-state index contributed by atoms with van der Waals surface area (Å²) in [4.78, 5) is 8.90. The van der Waals surface area contributed by atoms with Crippen molar-refractivity contribution in [3.8, 4) is 17.0 Å². The maximum atomic E-state index is 12.6. The van der Waals surface area contributed by atoms with E-state index < -0.39 is 6.36 Å². The Morgan fingerprint density at radius 1 is 1.03 bits per heavy atom. The van der Waals surface area contributed by atoms with Crippen LogP contribution in [0.15, 0.2) is 48.5 Å². The van der Waals surface area contributed by atoms with Gasteiger partial charge in [0.2, 0.25) is 5.95 Å². The molecule has 5 nitrogen and oxygen atoms in total. The Balaban J connectivity index is 2.01. The molecule has 2 aromatic carbocycles. The number of alkyl halides is 3. The molecule has 0 saturated heterocycles. The highest BCUT2D eigenvalue weighted by Crippen LogP contribution is 2.30. The van der Waals surface area contributed by atoms with Crippen molar-refractivity contribution in [3.63, 3.8) is 0 Å². The SMILES string of the molecule is Cc1ccc(Cl)cc1Nc1cc(-c2cccc(OC(F)(F)F)c2)nc(NC(C)C)n1. The van der Waals surface area contributed by atoms with Gasteiger partial charge >= 0.3 is 6.36 Å². The van der Waals surface area contributed by atoms with Crippen LogP contribution >= 0.6 is 11.6 Å². The lowest BCUT2D eigenvalue weighted by molar-refractivity contribution is -0.274. The Bertz CT molecular complexity index is 1040. The topological polar surface area (TPSA) is 59.1 Å². The molecule has 3 aromatic rings. The van der Waals surface area contributed by atoms with Gasteiger partial charge in [-0.2, -0.15) is 4.98 Å². The lowest BCUT2D eigenvalue weighted by Gasteiger charge is -2.15. The van der Waals surface area contributed by atoms with Crippen molar-refractivity contribution < 1.29 is 17.9 Å². The maximum Gasteiger partial charge on any atom is 0.573 e. The van der Waals surface area contributed by atoms with E-state index >= 15 is 0 Å². The van der Waals surface area contributed by atoms with Crippen LogP contribution in [0.2, 0.25) is 5.02 Å². The molecule has 1 aromatic heterocycles. The standard InChI is InChI=1S/C21H20ClF3N4O/c1-12(2)26-20-28-18(14-5-4-6-16(9-14)30-21(23,24)25)11-19(29-20)27-17-10-15(22)8-7-13(17)3/h4-12H,1-3H3,(H2,26,27,28,29). The summed E-state index contributed by atoms with van der Waals surface area (Å²) in [5.41, 5.74) is 2.61. The zero-order chi connectivity index (χ0) is 21.9. The first-order valence-corrected chi connectivity index (χ1v) is 9.52. The number of hydrogen-bond donors (Lipinski definition) is 2. The summed E-state index contributed by atoms with van der Waals surface area (Å²) in [6.45, 7) is 5.79. The van der Waals surface area contributed by atoms with Crippen LogP contribution in [-0.2, 0) is 0 Å². The molecule has 0 fully saturated rings. The van der Waals surface area contributed by atoms with Crippen molar-refractivity contribution in [1.82, 2.24) is 9.97 Å². The highest BCUT2D eigenvalue weighted by atomic mass is 35.5. The number of aromatic nitrogens is 2. The van der Waals surface area contributed by atoms with Gasteiger partial charge < -0.3 is 15.4 Å². The molecule has 0 saturated carbocycles. The Kier molecular flexibility index (Phi) is 6.36. The third-order valence-electron chi connectivity index (χ3n) is 3.97. The molecule has 30 heavy (non-hydrogen) atoms. The summed E-state index contributed by atoms with van der Waals surface area (Å²) in [6.07, 6.45) is -4.77. The molecule has 0 aliphatic rings. The molecular formula is C21H20ClF3N4O. The van der Waals surface area contributed by atoms with Crippen molar-refractivity contribution in [2.75, 3.05) is 10.6 Å². The number of hydrogen-bond acceptors (Lipinski definition) is 5. The van der Waals surface area contributed by atoms with Gasteiger partial charge in [0, 0.05) is 28.4 Å². The minimum absolute atomic E-state index is 0.0564. The minimum Gasteiger partial charge on any atom is -0.406 e. The Labute approximate surface area is 177 Å². The fourth-order valence-corrected chi connectivity index (χ4v) is 2.87. The maximum absolute atomic E-state index is 12.6. The zero-order valence-corrected chi connectivity index (χ0v) is 17.3. The molecule has 0 radical (unpaired) electrons. The molecule has 0 aliphatic carbocycles. The van der Waals surface area contributed by atoms with Crippen LogP contribution in [0.3, 0.4) is 0 Å². The van der Waals surface area contributed by atoms with Gasteiger partial charge in [-0.15, -0.1) is 13.2 Å². The summed E-state index contributed by atoms with van der Waals surface area (Å²) < 4.78 is 41.8. The first kappa shape index (κ1) is 21.7. The van der Waals surface area contributed by atoms with Crippen LogP contribution in [0, 0.1) is 6.92 Å². The van der Waals surface area contributed by atoms with Crippen molar-refractivity contribution in [2.24, 2.45) is 0 Å². The van der Waals surface area contributed by atoms with Gasteiger partial charge in [0.1, 0.15) is 11.6 Å². The Morgan fingerprint density at radius 3 is 2.50 bits per heavy atom. The smallest absolute Gasteiger partial charge is 0.406 e. The normalized spacial score (nSPS) is 11.5. The van der Waals surface area contributed by atoms with Gasteiger partial charge in [-0.1, -0.05) is 29.8 Å². The third kappa shape index (κ3) is 6.00. The van der Waals surface area contributed by atoms with Crippen molar-refractivity contribution >= 4 is 29.1 Å². The second kappa shape index (κ2) is 8.79. The average Bonchev–Trinajstić information content (AvgIpc) is 2.63. The van der Waals surface area contributed by atoms with E-state index in [0.717, 1.165) is 11.3 Å². The number of nitrogens with one attached hydrogen (secondary N) is 2. The van der Waals surface area contributed by atoms with Crippen LogP contribution in [0.5, 0.6) is 5.75 Å².